The van der Waals surface area contributed by atoms with Gasteiger partial charge in [0.2, 0.25) is 0 Å². The summed E-state index contributed by atoms with van der Waals surface area (Å²) in [6.45, 7) is 10.1. The van der Waals surface area contributed by atoms with Crippen molar-refractivity contribution < 1.29 is 4.79 Å². The lowest BCUT2D eigenvalue weighted by atomic mass is 10.1. The van der Waals surface area contributed by atoms with E-state index in [0.717, 1.165) is 59.2 Å². The molecule has 34 heavy (non-hydrogen) atoms. The maximum Gasteiger partial charge on any atom is 0.256 e. The van der Waals surface area contributed by atoms with Crippen LogP contribution in [0.2, 0.25) is 0 Å². The monoisotopic (exact) mass is 474 g/mol. The Kier molecular flexibility index (Phi) is 6.10. The third-order valence-electron chi connectivity index (χ3n) is 6.29. The smallest absolute Gasteiger partial charge is 0.256 e. The van der Waals surface area contributed by atoms with Crippen LogP contribution in [0.4, 0.5) is 11.4 Å². The molecule has 0 spiro atoms. The van der Waals surface area contributed by atoms with Gasteiger partial charge in [-0.3, -0.25) is 4.79 Å². The number of carbonyl (C=O) groups excluding carboxylic acids is 1. The fraction of sp³-hybridized carbons (Fsp3) is 0.346. The Morgan fingerprint density at radius 3 is 2.56 bits per heavy atom. The van der Waals surface area contributed by atoms with Gasteiger partial charge in [0.25, 0.3) is 5.91 Å². The van der Waals surface area contributed by atoms with Crippen LogP contribution < -0.4 is 10.2 Å². The average molecular weight is 475 g/mol. The van der Waals surface area contributed by atoms with Crippen molar-refractivity contribution >= 4 is 39.7 Å². The van der Waals surface area contributed by atoms with Crippen molar-refractivity contribution in [3.05, 3.63) is 59.1 Å². The van der Waals surface area contributed by atoms with E-state index in [1.165, 1.54) is 4.88 Å². The van der Waals surface area contributed by atoms with Crippen LogP contribution >= 0.6 is 11.3 Å². The molecule has 7 nitrogen and oxygen atoms in total. The summed E-state index contributed by atoms with van der Waals surface area (Å²) in [5.74, 6) is -0.146. The van der Waals surface area contributed by atoms with Crippen LogP contribution in [-0.4, -0.2) is 58.8 Å². The number of para-hydroxylation sites is 2. The minimum atomic E-state index is -0.146. The van der Waals surface area contributed by atoms with E-state index >= 15 is 0 Å². The van der Waals surface area contributed by atoms with Gasteiger partial charge in [0, 0.05) is 37.1 Å². The van der Waals surface area contributed by atoms with Gasteiger partial charge in [-0.1, -0.05) is 12.1 Å². The van der Waals surface area contributed by atoms with E-state index in [1.54, 1.807) is 17.5 Å². The lowest BCUT2D eigenvalue weighted by molar-refractivity contribution is 0.102. The second kappa shape index (κ2) is 9.19. The highest BCUT2D eigenvalue weighted by molar-refractivity contribution is 7.15. The first-order valence-electron chi connectivity index (χ1n) is 11.7. The number of carbonyl (C=O) groups is 1. The van der Waals surface area contributed by atoms with Gasteiger partial charge in [-0.15, -0.1) is 11.3 Å². The lowest BCUT2D eigenvalue weighted by Gasteiger charge is -2.35. The van der Waals surface area contributed by atoms with Gasteiger partial charge < -0.3 is 15.1 Å². The van der Waals surface area contributed by atoms with E-state index in [-0.39, 0.29) is 11.9 Å². The number of aryl methyl sites for hydroxylation is 1. The van der Waals surface area contributed by atoms with E-state index < -0.39 is 0 Å². The largest absolute Gasteiger partial charge is 0.367 e. The molecule has 3 aromatic heterocycles. The summed E-state index contributed by atoms with van der Waals surface area (Å²) in [7, 11) is 2.14. The van der Waals surface area contributed by atoms with E-state index in [2.05, 4.69) is 66.2 Å². The molecule has 176 valence electrons. The first kappa shape index (κ1) is 22.6. The van der Waals surface area contributed by atoms with Gasteiger partial charge in [-0.25, -0.2) is 9.67 Å². The summed E-state index contributed by atoms with van der Waals surface area (Å²) in [5, 5.41) is 8.51. The van der Waals surface area contributed by atoms with Crippen LogP contribution in [0, 0.1) is 6.92 Å². The molecule has 1 saturated heterocycles. The summed E-state index contributed by atoms with van der Waals surface area (Å²) >= 11 is 1.68. The maximum absolute atomic E-state index is 13.7. The molecule has 0 radical (unpaired) electrons. The number of benzene rings is 1. The Hall–Kier alpha value is -3.23. The number of hydrogen-bond acceptors (Lipinski definition) is 6. The number of hydrogen-bond donors (Lipinski definition) is 1. The van der Waals surface area contributed by atoms with Crippen LogP contribution in [0.1, 0.15) is 35.1 Å². The predicted molar refractivity (Wildman–Crippen MR) is 140 cm³/mol. The Morgan fingerprint density at radius 2 is 1.85 bits per heavy atom. The van der Waals surface area contributed by atoms with Crippen molar-refractivity contribution in [2.45, 2.75) is 26.8 Å². The highest BCUT2D eigenvalue weighted by Crippen LogP contribution is 2.32. The third-order valence-corrected chi connectivity index (χ3v) is 7.31. The lowest BCUT2D eigenvalue weighted by Crippen LogP contribution is -2.44. The number of thiophene rings is 1. The molecule has 1 amide bonds. The molecule has 0 saturated carbocycles. The molecule has 8 heteroatoms. The molecule has 4 heterocycles. The first-order valence-corrected chi connectivity index (χ1v) is 12.5. The summed E-state index contributed by atoms with van der Waals surface area (Å²) in [6.07, 6.45) is 1.76. The minimum Gasteiger partial charge on any atom is -0.367 e. The molecule has 1 aromatic carbocycles. The Labute approximate surface area is 204 Å². The number of nitrogens with one attached hydrogen (secondary N) is 1. The van der Waals surface area contributed by atoms with Gasteiger partial charge in [0.05, 0.1) is 39.1 Å². The van der Waals surface area contributed by atoms with Crippen molar-refractivity contribution in [2.24, 2.45) is 0 Å². The van der Waals surface area contributed by atoms with Crippen LogP contribution in [-0.2, 0) is 0 Å². The Bertz CT molecular complexity index is 1330. The van der Waals surface area contributed by atoms with Crippen LogP contribution in [0.15, 0.2) is 48.7 Å². The van der Waals surface area contributed by atoms with E-state index in [1.807, 2.05) is 28.9 Å². The maximum atomic E-state index is 13.7. The zero-order valence-corrected chi connectivity index (χ0v) is 20.9. The summed E-state index contributed by atoms with van der Waals surface area (Å²) in [6, 6.07) is 14.2. The van der Waals surface area contributed by atoms with Crippen molar-refractivity contribution in [3.63, 3.8) is 0 Å². The van der Waals surface area contributed by atoms with Gasteiger partial charge in [-0.2, -0.15) is 5.10 Å². The standard InChI is InChI=1S/C26H30N6OS/c1-17(2)32-25-20(16-27-32)19(15-22(28-25)24-10-9-18(3)34-24)26(33)29-21-7-5-6-8-23(21)31-13-11-30(4)12-14-31/h5-10,15-17H,11-14H2,1-4H3,(H,29,33). The summed E-state index contributed by atoms with van der Waals surface area (Å²) in [4.78, 5) is 25.5. The molecule has 1 aliphatic heterocycles. The SMILES string of the molecule is Cc1ccc(-c2cc(C(=O)Nc3ccccc3N3CCN(C)CC3)c3cnn(C(C)C)c3n2)s1. The van der Waals surface area contributed by atoms with Crippen molar-refractivity contribution in [2.75, 3.05) is 43.4 Å². The van der Waals surface area contributed by atoms with Gasteiger partial charge in [-0.05, 0) is 58.2 Å². The van der Waals surface area contributed by atoms with Crippen molar-refractivity contribution in [1.82, 2.24) is 19.7 Å². The number of pyridine rings is 1. The molecule has 0 aliphatic carbocycles. The molecular weight excluding hydrogens is 444 g/mol. The number of aromatic nitrogens is 3. The minimum absolute atomic E-state index is 0.138. The van der Waals surface area contributed by atoms with Gasteiger partial charge >= 0.3 is 0 Å². The molecule has 0 atom stereocenters. The topological polar surface area (TPSA) is 66.3 Å². The fourth-order valence-corrected chi connectivity index (χ4v) is 5.20. The van der Waals surface area contributed by atoms with Crippen LogP contribution in [0.3, 0.4) is 0 Å². The number of likely N-dealkylation sites (N-methyl/N-ethyl adjacent to an activating group) is 1. The molecular formula is C26H30N6OS. The molecule has 5 rings (SSSR count). The second-order valence-electron chi connectivity index (χ2n) is 9.15. The Balaban J connectivity index is 1.54. The molecule has 0 bridgehead atoms. The first-order chi connectivity index (χ1) is 16.4. The number of nitrogens with zero attached hydrogens (tertiary/aromatic N) is 5. The van der Waals surface area contributed by atoms with E-state index in [9.17, 15) is 4.79 Å². The number of anilines is 2. The van der Waals surface area contributed by atoms with E-state index in [0.29, 0.717) is 5.56 Å². The summed E-state index contributed by atoms with van der Waals surface area (Å²) in [5.41, 5.74) is 4.00. The van der Waals surface area contributed by atoms with Gasteiger partial charge in [0.1, 0.15) is 0 Å². The number of piperazine rings is 1. The zero-order valence-electron chi connectivity index (χ0n) is 20.1. The van der Waals surface area contributed by atoms with Crippen molar-refractivity contribution in [1.29, 1.82) is 0 Å². The zero-order chi connectivity index (χ0) is 23.8. The molecule has 1 fully saturated rings. The number of fused-ring (bicyclic) bond motifs is 1. The molecule has 1 aliphatic rings. The highest BCUT2D eigenvalue weighted by Gasteiger charge is 2.22. The predicted octanol–water partition coefficient (Wildman–Crippen LogP) is 5.05. The van der Waals surface area contributed by atoms with Crippen molar-refractivity contribution in [3.8, 4) is 10.6 Å². The second-order valence-corrected chi connectivity index (χ2v) is 10.4. The number of amides is 1. The van der Waals surface area contributed by atoms with E-state index in [4.69, 9.17) is 4.98 Å². The molecule has 4 aromatic rings. The normalized spacial score (nSPS) is 14.8. The van der Waals surface area contributed by atoms with Gasteiger partial charge in [0.15, 0.2) is 5.65 Å². The number of rotatable bonds is 5. The third kappa shape index (κ3) is 4.31. The Morgan fingerprint density at radius 1 is 1.09 bits per heavy atom. The van der Waals surface area contributed by atoms with Crippen LogP contribution in [0.25, 0.3) is 21.6 Å². The van der Waals surface area contributed by atoms with Crippen LogP contribution in [0.5, 0.6) is 0 Å². The molecule has 0 unspecified atom stereocenters. The quantitative estimate of drug-likeness (QED) is 0.438. The highest BCUT2D eigenvalue weighted by atomic mass is 32.1. The average Bonchev–Trinajstić information content (AvgIpc) is 3.45. The molecule has 1 N–H and O–H groups in total. The fourth-order valence-electron chi connectivity index (χ4n) is 4.37. The summed E-state index contributed by atoms with van der Waals surface area (Å²) < 4.78 is 1.88.